The molecule has 1 N–H and O–H groups in total. The molecule has 4 nitrogen and oxygen atoms in total. The van der Waals surface area contributed by atoms with Gasteiger partial charge in [-0.25, -0.2) is 4.57 Å². The van der Waals surface area contributed by atoms with Crippen molar-refractivity contribution in [2.75, 3.05) is 5.32 Å². The van der Waals surface area contributed by atoms with E-state index >= 15 is 0 Å². The molecule has 4 aromatic carbocycles. The zero-order valence-electron chi connectivity index (χ0n) is 16.6. The van der Waals surface area contributed by atoms with Gasteiger partial charge in [0.25, 0.3) is 0 Å². The van der Waals surface area contributed by atoms with Crippen LogP contribution in [0.25, 0.3) is 0 Å². The predicted molar refractivity (Wildman–Crippen MR) is 126 cm³/mol. The summed E-state index contributed by atoms with van der Waals surface area (Å²) in [5.74, 6) is 0.124. The standard InChI is InChI=1S/C25H21ClNO3P/c26-21-18-16-20(17-19-21)25(27-22-10-4-1-5-11-22)31(28,29-23-12-6-2-7-13-23)30-24-14-8-3-9-15-24/h1-19,25,27H. The van der Waals surface area contributed by atoms with Crippen LogP contribution in [-0.4, -0.2) is 0 Å². The van der Waals surface area contributed by atoms with Gasteiger partial charge in [-0.3, -0.25) is 0 Å². The highest BCUT2D eigenvalue weighted by molar-refractivity contribution is 7.55. The maximum absolute atomic E-state index is 14.4. The third-order valence-electron chi connectivity index (χ3n) is 4.53. The lowest BCUT2D eigenvalue weighted by Crippen LogP contribution is -2.18. The molecule has 1 unspecified atom stereocenters. The van der Waals surface area contributed by atoms with Crippen LogP contribution >= 0.6 is 19.2 Å². The monoisotopic (exact) mass is 449 g/mol. The summed E-state index contributed by atoms with van der Waals surface area (Å²) in [6.07, 6.45) is 0. The fourth-order valence-electron chi connectivity index (χ4n) is 3.06. The molecule has 4 aromatic rings. The van der Waals surface area contributed by atoms with Gasteiger partial charge in [-0.2, -0.15) is 0 Å². The first-order chi connectivity index (χ1) is 15.1. The number of rotatable bonds is 8. The first-order valence-electron chi connectivity index (χ1n) is 9.78. The molecule has 0 saturated carbocycles. The number of halogens is 1. The molecule has 156 valence electrons. The first kappa shape index (κ1) is 21.0. The van der Waals surface area contributed by atoms with Gasteiger partial charge in [0.15, 0.2) is 5.78 Å². The molecule has 1 atom stereocenters. The Morgan fingerprint density at radius 3 is 1.58 bits per heavy atom. The highest BCUT2D eigenvalue weighted by Gasteiger charge is 2.41. The maximum Gasteiger partial charge on any atom is 0.457 e. The van der Waals surface area contributed by atoms with Crippen molar-refractivity contribution < 1.29 is 13.6 Å². The van der Waals surface area contributed by atoms with Gasteiger partial charge in [-0.1, -0.05) is 78.3 Å². The average molecular weight is 450 g/mol. The van der Waals surface area contributed by atoms with Gasteiger partial charge < -0.3 is 14.4 Å². The Labute approximate surface area is 187 Å². The van der Waals surface area contributed by atoms with Gasteiger partial charge in [0.05, 0.1) is 0 Å². The Morgan fingerprint density at radius 1 is 0.645 bits per heavy atom. The van der Waals surface area contributed by atoms with Crippen molar-refractivity contribution in [1.82, 2.24) is 0 Å². The zero-order valence-corrected chi connectivity index (χ0v) is 18.2. The van der Waals surface area contributed by atoms with Crippen molar-refractivity contribution in [1.29, 1.82) is 0 Å². The van der Waals surface area contributed by atoms with E-state index in [4.69, 9.17) is 20.6 Å². The summed E-state index contributed by atoms with van der Waals surface area (Å²) in [6.45, 7) is 0. The smallest absolute Gasteiger partial charge is 0.414 e. The second-order valence-electron chi connectivity index (χ2n) is 6.81. The van der Waals surface area contributed by atoms with Gasteiger partial charge in [-0.05, 0) is 54.1 Å². The Kier molecular flexibility index (Phi) is 6.61. The third-order valence-corrected chi connectivity index (χ3v) is 6.77. The topological polar surface area (TPSA) is 47.6 Å². The maximum atomic E-state index is 14.4. The normalized spacial score (nSPS) is 12.0. The second-order valence-corrected chi connectivity index (χ2v) is 9.21. The van der Waals surface area contributed by atoms with Crippen molar-refractivity contribution in [3.8, 4) is 11.5 Å². The van der Waals surface area contributed by atoms with E-state index in [9.17, 15) is 4.57 Å². The van der Waals surface area contributed by atoms with Crippen molar-refractivity contribution in [2.45, 2.75) is 5.78 Å². The summed E-state index contributed by atoms with van der Waals surface area (Å²) in [7, 11) is -3.83. The van der Waals surface area contributed by atoms with E-state index < -0.39 is 13.4 Å². The van der Waals surface area contributed by atoms with E-state index in [0.29, 0.717) is 16.5 Å². The van der Waals surface area contributed by atoms with Gasteiger partial charge in [0.2, 0.25) is 0 Å². The van der Waals surface area contributed by atoms with Crippen LogP contribution in [0.4, 0.5) is 5.69 Å². The number of para-hydroxylation sites is 3. The molecule has 0 amide bonds. The summed E-state index contributed by atoms with van der Waals surface area (Å²) in [5, 5.41) is 3.93. The number of benzene rings is 4. The molecule has 0 aliphatic rings. The highest BCUT2D eigenvalue weighted by Crippen LogP contribution is 2.60. The number of hydrogen-bond donors (Lipinski definition) is 1. The van der Waals surface area contributed by atoms with Crippen molar-refractivity contribution in [3.63, 3.8) is 0 Å². The van der Waals surface area contributed by atoms with E-state index in [0.717, 1.165) is 11.3 Å². The van der Waals surface area contributed by atoms with E-state index in [1.807, 2.05) is 78.9 Å². The molecule has 0 aromatic heterocycles. The first-order valence-corrected chi connectivity index (χ1v) is 11.8. The van der Waals surface area contributed by atoms with Crippen LogP contribution in [0.1, 0.15) is 11.3 Å². The van der Waals surface area contributed by atoms with E-state index in [-0.39, 0.29) is 0 Å². The van der Waals surface area contributed by atoms with Crippen molar-refractivity contribution in [2.24, 2.45) is 0 Å². The van der Waals surface area contributed by atoms with Crippen LogP contribution in [0.3, 0.4) is 0 Å². The zero-order chi connectivity index (χ0) is 21.5. The van der Waals surface area contributed by atoms with Gasteiger partial charge >= 0.3 is 7.60 Å². The van der Waals surface area contributed by atoms with Crippen LogP contribution in [-0.2, 0) is 4.57 Å². The molecule has 6 heteroatoms. The molecule has 0 fully saturated rings. The average Bonchev–Trinajstić information content (AvgIpc) is 2.80. The molecular formula is C25H21ClNO3P. The van der Waals surface area contributed by atoms with Gasteiger partial charge in [0, 0.05) is 10.7 Å². The highest BCUT2D eigenvalue weighted by atomic mass is 35.5. The van der Waals surface area contributed by atoms with E-state index in [2.05, 4.69) is 5.32 Å². The lowest BCUT2D eigenvalue weighted by atomic mass is 10.2. The lowest BCUT2D eigenvalue weighted by molar-refractivity contribution is 0.376. The number of nitrogens with one attached hydrogen (secondary N) is 1. The van der Waals surface area contributed by atoms with Crippen molar-refractivity contribution in [3.05, 3.63) is 126 Å². The lowest BCUT2D eigenvalue weighted by Gasteiger charge is -2.29. The summed E-state index contributed by atoms with van der Waals surface area (Å²) in [4.78, 5) is 0. The molecule has 0 spiro atoms. The van der Waals surface area contributed by atoms with E-state index in [1.165, 1.54) is 0 Å². The molecule has 0 aliphatic heterocycles. The molecule has 0 radical (unpaired) electrons. The molecule has 0 saturated heterocycles. The molecule has 0 aliphatic carbocycles. The molecule has 0 heterocycles. The van der Waals surface area contributed by atoms with Gasteiger partial charge in [0.1, 0.15) is 11.5 Å². The Hall–Kier alpha value is -3.20. The number of hydrogen-bond acceptors (Lipinski definition) is 4. The fourth-order valence-corrected chi connectivity index (χ4v) is 5.11. The van der Waals surface area contributed by atoms with Gasteiger partial charge in [-0.15, -0.1) is 0 Å². The molecule has 0 bridgehead atoms. The minimum atomic E-state index is -3.83. The third kappa shape index (κ3) is 5.49. The summed E-state index contributed by atoms with van der Waals surface area (Å²) in [5.41, 5.74) is 1.51. The van der Waals surface area contributed by atoms with Crippen LogP contribution in [0, 0.1) is 0 Å². The van der Waals surface area contributed by atoms with Crippen LogP contribution in [0.5, 0.6) is 11.5 Å². The summed E-state index contributed by atoms with van der Waals surface area (Å²) in [6, 6.07) is 34.7. The SMILES string of the molecule is O=P(Oc1ccccc1)(Oc1ccccc1)C(Nc1ccccc1)c1ccc(Cl)cc1. The second kappa shape index (κ2) is 9.74. The predicted octanol–water partition coefficient (Wildman–Crippen LogP) is 7.80. The summed E-state index contributed by atoms with van der Waals surface area (Å²) < 4.78 is 26.5. The van der Waals surface area contributed by atoms with Crippen LogP contribution in [0.15, 0.2) is 115 Å². The van der Waals surface area contributed by atoms with E-state index in [1.54, 1.807) is 36.4 Å². The Balaban J connectivity index is 1.79. The Bertz CT molecular complexity index is 1090. The largest absolute Gasteiger partial charge is 0.457 e. The molecular weight excluding hydrogens is 429 g/mol. The molecule has 4 rings (SSSR count). The molecule has 31 heavy (non-hydrogen) atoms. The quantitative estimate of drug-likeness (QED) is 0.279. The van der Waals surface area contributed by atoms with Crippen LogP contribution in [0.2, 0.25) is 5.02 Å². The Morgan fingerprint density at radius 2 is 1.10 bits per heavy atom. The minimum absolute atomic E-state index is 0.454. The summed E-state index contributed by atoms with van der Waals surface area (Å²) >= 11 is 6.10. The minimum Gasteiger partial charge on any atom is -0.414 e. The van der Waals surface area contributed by atoms with Crippen molar-refractivity contribution >= 4 is 24.9 Å². The number of anilines is 1. The fraction of sp³-hybridized carbons (Fsp3) is 0.0400. The van der Waals surface area contributed by atoms with Crippen LogP contribution < -0.4 is 14.4 Å².